The topological polar surface area (TPSA) is 100 Å². The molecule has 2 saturated heterocycles. The average molecular weight is 484 g/mol. The molecule has 4 fully saturated rings. The third-order valence-electron chi connectivity index (χ3n) is 9.00. The van der Waals surface area contributed by atoms with Crippen LogP contribution in [-0.2, 0) is 19.1 Å². The lowest BCUT2D eigenvalue weighted by Crippen LogP contribution is -2.56. The molecular formula is C27H33NO7. The van der Waals surface area contributed by atoms with Crippen LogP contribution in [0.5, 0.6) is 11.5 Å². The van der Waals surface area contributed by atoms with Crippen LogP contribution >= 0.6 is 0 Å². The lowest BCUT2D eigenvalue weighted by molar-refractivity contribution is -0.169. The second kappa shape index (κ2) is 8.08. The number of anilines is 1. The van der Waals surface area contributed by atoms with Gasteiger partial charge < -0.3 is 24.3 Å². The number of carbonyl (C=O) groups is 3. The average Bonchev–Trinajstić information content (AvgIpc) is 3.20. The van der Waals surface area contributed by atoms with Crippen LogP contribution in [0.25, 0.3) is 0 Å². The van der Waals surface area contributed by atoms with Crippen LogP contribution in [0.1, 0.15) is 56.3 Å². The summed E-state index contributed by atoms with van der Waals surface area (Å²) in [5.74, 6) is 0.313. The van der Waals surface area contributed by atoms with Gasteiger partial charge in [0, 0.05) is 17.8 Å². The molecule has 4 bridgehead atoms. The summed E-state index contributed by atoms with van der Waals surface area (Å²) >= 11 is 0. The van der Waals surface area contributed by atoms with Crippen molar-refractivity contribution < 1.29 is 33.3 Å². The monoisotopic (exact) mass is 483 g/mol. The Kier molecular flexibility index (Phi) is 5.51. The zero-order chi connectivity index (χ0) is 25.2. The third-order valence-corrected chi connectivity index (χ3v) is 9.00. The van der Waals surface area contributed by atoms with Gasteiger partial charge in [-0.1, -0.05) is 13.0 Å². The number of carbonyl (C=O) groups excluding carboxylic acids is 3. The van der Waals surface area contributed by atoms with Crippen LogP contribution in [0.15, 0.2) is 24.3 Å². The molecule has 6 atom stereocenters. The fourth-order valence-corrected chi connectivity index (χ4v) is 7.55. The lowest BCUT2D eigenvalue weighted by Gasteiger charge is -2.55. The molecular weight excluding hydrogens is 450 g/mol. The summed E-state index contributed by atoms with van der Waals surface area (Å²) in [7, 11) is 4.16. The van der Waals surface area contributed by atoms with Crippen LogP contribution < -0.4 is 14.8 Å². The minimum absolute atomic E-state index is 0.0268. The summed E-state index contributed by atoms with van der Waals surface area (Å²) in [4.78, 5) is 38.6. The number of ketones is 1. The normalized spacial score (nSPS) is 36.1. The van der Waals surface area contributed by atoms with Crippen molar-refractivity contribution in [2.45, 2.75) is 57.7 Å². The predicted molar refractivity (Wildman–Crippen MR) is 128 cm³/mol. The Balaban J connectivity index is 1.37. The van der Waals surface area contributed by atoms with Gasteiger partial charge in [0.1, 0.15) is 17.0 Å². The highest BCUT2D eigenvalue weighted by Gasteiger charge is 2.71. The summed E-state index contributed by atoms with van der Waals surface area (Å²) in [6, 6.07) is 3.10. The minimum Gasteiger partial charge on any atom is -0.494 e. The molecule has 1 spiro atoms. The molecule has 35 heavy (non-hydrogen) atoms. The molecule has 6 rings (SSSR count). The van der Waals surface area contributed by atoms with E-state index in [2.05, 4.69) is 18.3 Å². The predicted octanol–water partition coefficient (Wildman–Crippen LogP) is 3.93. The second-order valence-corrected chi connectivity index (χ2v) is 10.9. The van der Waals surface area contributed by atoms with Gasteiger partial charge in [0.15, 0.2) is 11.5 Å². The molecule has 8 heteroatoms. The quantitative estimate of drug-likeness (QED) is 0.587. The standard InChI is InChI=1S/C27H33NO7/c1-25(19(29)8-11-27-13-15-12-18(23(25)27)35-26(15,2)14-27)10-9-20(30)28-21-17(32-3)7-6-16(22(21)33-4)24(31)34-5/h6-8,11,15,18,23H,9-10,12-14H2,1-5H3,(H,28,30)/t15-,18+,23+,25-,26+,27+/m1/s1. The van der Waals surface area contributed by atoms with E-state index in [4.69, 9.17) is 18.9 Å². The highest BCUT2D eigenvalue weighted by molar-refractivity contribution is 6.01. The van der Waals surface area contributed by atoms with Crippen molar-refractivity contribution in [1.29, 1.82) is 0 Å². The number of hydrogen-bond donors (Lipinski definition) is 1. The van der Waals surface area contributed by atoms with E-state index in [-0.39, 0.29) is 58.1 Å². The maximum absolute atomic E-state index is 13.2. The highest BCUT2D eigenvalue weighted by atomic mass is 16.5. The number of allylic oxidation sites excluding steroid dienone is 2. The van der Waals surface area contributed by atoms with E-state index in [1.54, 1.807) is 12.1 Å². The minimum atomic E-state index is -0.685. The number of benzene rings is 1. The zero-order valence-electron chi connectivity index (χ0n) is 20.9. The highest BCUT2D eigenvalue weighted by Crippen LogP contribution is 2.71. The first-order chi connectivity index (χ1) is 16.6. The number of nitrogens with one attached hydrogen (secondary N) is 1. The molecule has 0 aromatic heterocycles. The van der Waals surface area contributed by atoms with E-state index in [1.807, 2.05) is 6.92 Å². The number of hydrogen-bond acceptors (Lipinski definition) is 7. The molecule has 1 aromatic carbocycles. The van der Waals surface area contributed by atoms with Crippen LogP contribution in [0.3, 0.4) is 0 Å². The van der Waals surface area contributed by atoms with Crippen LogP contribution in [0, 0.1) is 22.7 Å². The first-order valence-electron chi connectivity index (χ1n) is 12.2. The van der Waals surface area contributed by atoms with E-state index in [0.29, 0.717) is 18.1 Å². The zero-order valence-corrected chi connectivity index (χ0v) is 20.9. The summed E-state index contributed by atoms with van der Waals surface area (Å²) in [6.07, 6.45) is 7.44. The van der Waals surface area contributed by atoms with Gasteiger partial charge in [0.05, 0.1) is 33.0 Å². The van der Waals surface area contributed by atoms with Gasteiger partial charge in [-0.2, -0.15) is 0 Å². The Morgan fingerprint density at radius 3 is 2.60 bits per heavy atom. The van der Waals surface area contributed by atoms with E-state index < -0.39 is 11.4 Å². The molecule has 2 heterocycles. The van der Waals surface area contributed by atoms with Crippen LogP contribution in [0.4, 0.5) is 5.69 Å². The number of amides is 1. The Labute approximate surface area is 205 Å². The maximum Gasteiger partial charge on any atom is 0.341 e. The smallest absolute Gasteiger partial charge is 0.341 e. The van der Waals surface area contributed by atoms with E-state index in [1.165, 1.54) is 27.4 Å². The number of esters is 1. The van der Waals surface area contributed by atoms with Gasteiger partial charge in [-0.25, -0.2) is 4.79 Å². The van der Waals surface area contributed by atoms with Crippen molar-refractivity contribution in [1.82, 2.24) is 0 Å². The van der Waals surface area contributed by atoms with Crippen molar-refractivity contribution in [2.75, 3.05) is 26.6 Å². The van der Waals surface area contributed by atoms with Gasteiger partial charge in [-0.15, -0.1) is 0 Å². The first-order valence-corrected chi connectivity index (χ1v) is 12.2. The SMILES string of the molecule is COC(=O)c1ccc(OC)c(NC(=O)CC[C@]2(C)C(=O)C=C[C@]34C[C@H]5C[C@H](O[C@@]5(C)C3)[C@H]42)c1OC. The van der Waals surface area contributed by atoms with Crippen molar-refractivity contribution in [3.05, 3.63) is 29.8 Å². The summed E-state index contributed by atoms with van der Waals surface area (Å²) in [6.45, 7) is 4.20. The van der Waals surface area contributed by atoms with E-state index in [0.717, 1.165) is 19.3 Å². The molecule has 8 nitrogen and oxygen atoms in total. The number of methoxy groups -OCH3 is 3. The summed E-state index contributed by atoms with van der Waals surface area (Å²) in [5, 5.41) is 2.85. The Morgan fingerprint density at radius 2 is 1.94 bits per heavy atom. The van der Waals surface area contributed by atoms with Gasteiger partial charge in [0.25, 0.3) is 0 Å². The fourth-order valence-electron chi connectivity index (χ4n) is 7.55. The fraction of sp³-hybridized carbons (Fsp3) is 0.593. The molecule has 1 N–H and O–H groups in total. The molecule has 3 aliphatic carbocycles. The molecule has 1 amide bonds. The number of rotatable bonds is 7. The van der Waals surface area contributed by atoms with Crippen molar-refractivity contribution in [2.24, 2.45) is 22.7 Å². The Hall–Kier alpha value is -2.87. The second-order valence-electron chi connectivity index (χ2n) is 10.9. The van der Waals surface area contributed by atoms with Gasteiger partial charge in [0.2, 0.25) is 5.91 Å². The largest absolute Gasteiger partial charge is 0.494 e. The molecule has 2 saturated carbocycles. The van der Waals surface area contributed by atoms with Crippen LogP contribution in [-0.4, -0.2) is 50.7 Å². The van der Waals surface area contributed by atoms with E-state index in [9.17, 15) is 14.4 Å². The van der Waals surface area contributed by atoms with Crippen molar-refractivity contribution in [3.63, 3.8) is 0 Å². The molecule has 188 valence electrons. The van der Waals surface area contributed by atoms with Crippen molar-refractivity contribution in [3.8, 4) is 11.5 Å². The van der Waals surface area contributed by atoms with Crippen molar-refractivity contribution >= 4 is 23.3 Å². The first kappa shape index (κ1) is 23.9. The molecule has 0 radical (unpaired) electrons. The molecule has 0 unspecified atom stereocenters. The van der Waals surface area contributed by atoms with E-state index >= 15 is 0 Å². The lowest BCUT2D eigenvalue weighted by atomic mass is 9.51. The molecule has 5 aliphatic rings. The Morgan fingerprint density at radius 1 is 1.17 bits per heavy atom. The molecule has 1 aromatic rings. The Bertz CT molecular complexity index is 1130. The van der Waals surface area contributed by atoms with Crippen LogP contribution in [0.2, 0.25) is 0 Å². The summed E-state index contributed by atoms with van der Waals surface area (Å²) in [5.41, 5.74) is -0.372. The third kappa shape index (κ3) is 3.40. The van der Waals surface area contributed by atoms with Gasteiger partial charge >= 0.3 is 5.97 Å². The van der Waals surface area contributed by atoms with Gasteiger partial charge in [-0.3, -0.25) is 9.59 Å². The number of ether oxygens (including phenoxy) is 4. The maximum atomic E-state index is 13.2. The molecule has 2 aliphatic heterocycles. The van der Waals surface area contributed by atoms with Gasteiger partial charge in [-0.05, 0) is 62.1 Å². The summed E-state index contributed by atoms with van der Waals surface area (Å²) < 4.78 is 22.1.